The van der Waals surface area contributed by atoms with Crippen molar-refractivity contribution in [2.75, 3.05) is 25.0 Å². The largest absolute Gasteiger partial charge is 0.368 e. The van der Waals surface area contributed by atoms with Crippen LogP contribution in [0.2, 0.25) is 0 Å². The lowest BCUT2D eigenvalue weighted by Gasteiger charge is -2.11. The van der Waals surface area contributed by atoms with Crippen molar-refractivity contribution in [3.63, 3.8) is 0 Å². The van der Waals surface area contributed by atoms with E-state index in [1.165, 1.54) is 6.33 Å². The van der Waals surface area contributed by atoms with Gasteiger partial charge in [-0.1, -0.05) is 0 Å². The first-order valence-corrected chi connectivity index (χ1v) is 7.41. The maximum absolute atomic E-state index is 11.8. The second-order valence-electron chi connectivity index (χ2n) is 5.07. The predicted molar refractivity (Wildman–Crippen MR) is 81.8 cm³/mol. The summed E-state index contributed by atoms with van der Waals surface area (Å²) in [5, 5.41) is 6.03. The first-order chi connectivity index (χ1) is 10.8. The number of hydrogen-bond acceptors (Lipinski definition) is 5. The summed E-state index contributed by atoms with van der Waals surface area (Å²) in [6, 6.07) is 5.74. The molecule has 0 unspecified atom stereocenters. The molecular formula is C15H19N5O2. The standard InChI is InChI=1S/C15H19N5O2/c21-15(12-4-3-9-22-12)17-6-5-16-13-10-14(19-11-18-13)20-7-1-2-8-20/h1-2,7-8,10-12H,3-6,9H2,(H,17,21)(H,16,18,19)/t12-/m0/s1. The summed E-state index contributed by atoms with van der Waals surface area (Å²) in [6.07, 6.45) is 6.86. The molecule has 1 atom stereocenters. The van der Waals surface area contributed by atoms with Crippen LogP contribution in [0.1, 0.15) is 12.8 Å². The monoisotopic (exact) mass is 301 g/mol. The summed E-state index contributed by atoms with van der Waals surface area (Å²) in [6.45, 7) is 1.81. The summed E-state index contributed by atoms with van der Waals surface area (Å²) in [7, 11) is 0. The second kappa shape index (κ2) is 7.04. The van der Waals surface area contributed by atoms with Gasteiger partial charge in [-0.05, 0) is 25.0 Å². The quantitative estimate of drug-likeness (QED) is 0.777. The van der Waals surface area contributed by atoms with Gasteiger partial charge in [0.15, 0.2) is 0 Å². The predicted octanol–water partition coefficient (Wildman–Crippen LogP) is 0.974. The van der Waals surface area contributed by atoms with Crippen molar-refractivity contribution in [1.82, 2.24) is 19.9 Å². The molecule has 0 spiro atoms. The normalized spacial score (nSPS) is 17.4. The molecular weight excluding hydrogens is 282 g/mol. The number of hydrogen-bond donors (Lipinski definition) is 2. The van der Waals surface area contributed by atoms with Gasteiger partial charge in [-0.2, -0.15) is 0 Å². The fourth-order valence-electron chi connectivity index (χ4n) is 2.35. The summed E-state index contributed by atoms with van der Waals surface area (Å²) in [5.74, 6) is 1.49. The lowest BCUT2D eigenvalue weighted by Crippen LogP contribution is -2.36. The van der Waals surface area contributed by atoms with E-state index in [2.05, 4.69) is 20.6 Å². The number of rotatable bonds is 6. The Hall–Kier alpha value is -2.41. The van der Waals surface area contributed by atoms with Crippen LogP contribution >= 0.6 is 0 Å². The highest BCUT2D eigenvalue weighted by Gasteiger charge is 2.22. The molecule has 1 saturated heterocycles. The van der Waals surface area contributed by atoms with Gasteiger partial charge in [-0.3, -0.25) is 4.79 Å². The Morgan fingerprint density at radius 2 is 2.18 bits per heavy atom. The van der Waals surface area contributed by atoms with E-state index in [9.17, 15) is 4.79 Å². The van der Waals surface area contributed by atoms with Gasteiger partial charge in [0.05, 0.1) is 0 Å². The highest BCUT2D eigenvalue weighted by Crippen LogP contribution is 2.11. The van der Waals surface area contributed by atoms with Crippen molar-refractivity contribution in [1.29, 1.82) is 0 Å². The molecule has 0 aromatic carbocycles. The van der Waals surface area contributed by atoms with Crippen LogP contribution < -0.4 is 10.6 Å². The van der Waals surface area contributed by atoms with Gasteiger partial charge in [-0.25, -0.2) is 9.97 Å². The molecule has 7 heteroatoms. The Morgan fingerprint density at radius 3 is 2.95 bits per heavy atom. The van der Waals surface area contributed by atoms with Gasteiger partial charge in [0, 0.05) is 38.2 Å². The zero-order valence-corrected chi connectivity index (χ0v) is 12.2. The lowest BCUT2D eigenvalue weighted by molar-refractivity contribution is -0.129. The molecule has 116 valence electrons. The van der Waals surface area contributed by atoms with Gasteiger partial charge < -0.3 is 19.9 Å². The molecule has 2 aromatic heterocycles. The molecule has 0 radical (unpaired) electrons. The second-order valence-corrected chi connectivity index (χ2v) is 5.07. The Labute approximate surface area is 128 Å². The Bertz CT molecular complexity index is 608. The number of anilines is 1. The minimum Gasteiger partial charge on any atom is -0.368 e. The lowest BCUT2D eigenvalue weighted by atomic mass is 10.2. The number of carbonyl (C=O) groups is 1. The smallest absolute Gasteiger partial charge is 0.249 e. The van der Waals surface area contributed by atoms with Crippen LogP contribution in [0.25, 0.3) is 5.82 Å². The van der Waals surface area contributed by atoms with Crippen molar-refractivity contribution >= 4 is 11.7 Å². The molecule has 2 N–H and O–H groups in total. The summed E-state index contributed by atoms with van der Waals surface area (Å²) in [5.41, 5.74) is 0. The van der Waals surface area contributed by atoms with E-state index in [-0.39, 0.29) is 12.0 Å². The number of amides is 1. The van der Waals surface area contributed by atoms with Crippen LogP contribution in [0.15, 0.2) is 36.9 Å². The van der Waals surface area contributed by atoms with Crippen LogP contribution in [0, 0.1) is 0 Å². The summed E-state index contributed by atoms with van der Waals surface area (Å²) >= 11 is 0. The zero-order chi connectivity index (χ0) is 15.2. The third kappa shape index (κ3) is 3.62. The van der Waals surface area contributed by atoms with Crippen LogP contribution in [0.5, 0.6) is 0 Å². The molecule has 1 amide bonds. The topological polar surface area (TPSA) is 81.1 Å². The Balaban J connectivity index is 1.45. The minimum atomic E-state index is -0.278. The zero-order valence-electron chi connectivity index (χ0n) is 12.2. The highest BCUT2D eigenvalue weighted by atomic mass is 16.5. The molecule has 1 aliphatic rings. The van der Waals surface area contributed by atoms with E-state index in [1.54, 1.807) is 0 Å². The van der Waals surface area contributed by atoms with Crippen LogP contribution in [0.3, 0.4) is 0 Å². The molecule has 0 saturated carbocycles. The number of nitrogens with one attached hydrogen (secondary N) is 2. The van der Waals surface area contributed by atoms with Crippen molar-refractivity contribution in [2.45, 2.75) is 18.9 Å². The van der Waals surface area contributed by atoms with E-state index in [4.69, 9.17) is 4.74 Å². The first kappa shape index (κ1) is 14.5. The molecule has 0 bridgehead atoms. The van der Waals surface area contributed by atoms with Gasteiger partial charge in [0.25, 0.3) is 0 Å². The Kier molecular flexibility index (Phi) is 4.65. The third-order valence-corrected chi connectivity index (χ3v) is 3.47. The van der Waals surface area contributed by atoms with Gasteiger partial charge in [0.2, 0.25) is 5.91 Å². The molecule has 2 aromatic rings. The van der Waals surface area contributed by atoms with Crippen molar-refractivity contribution in [3.05, 3.63) is 36.9 Å². The first-order valence-electron chi connectivity index (χ1n) is 7.41. The highest BCUT2D eigenvalue weighted by molar-refractivity contribution is 5.80. The molecule has 7 nitrogen and oxygen atoms in total. The maximum atomic E-state index is 11.8. The van der Waals surface area contributed by atoms with Gasteiger partial charge in [-0.15, -0.1) is 0 Å². The van der Waals surface area contributed by atoms with Crippen LogP contribution in [-0.2, 0) is 9.53 Å². The fourth-order valence-corrected chi connectivity index (χ4v) is 2.35. The van der Waals surface area contributed by atoms with E-state index in [1.807, 2.05) is 35.2 Å². The number of nitrogens with zero attached hydrogens (tertiary/aromatic N) is 3. The average Bonchev–Trinajstić information content (AvgIpc) is 3.24. The van der Waals surface area contributed by atoms with Crippen LogP contribution in [-0.4, -0.2) is 46.2 Å². The summed E-state index contributed by atoms with van der Waals surface area (Å²) < 4.78 is 7.24. The number of ether oxygens (including phenoxy) is 1. The van der Waals surface area contributed by atoms with E-state index >= 15 is 0 Å². The summed E-state index contributed by atoms with van der Waals surface area (Å²) in [4.78, 5) is 20.2. The van der Waals surface area contributed by atoms with Gasteiger partial charge >= 0.3 is 0 Å². The maximum Gasteiger partial charge on any atom is 0.249 e. The molecule has 1 fully saturated rings. The van der Waals surface area contributed by atoms with E-state index in [0.29, 0.717) is 19.7 Å². The van der Waals surface area contributed by atoms with Gasteiger partial charge in [0.1, 0.15) is 24.1 Å². The molecule has 0 aliphatic carbocycles. The number of carbonyl (C=O) groups excluding carboxylic acids is 1. The van der Waals surface area contributed by atoms with Crippen molar-refractivity contribution in [2.24, 2.45) is 0 Å². The van der Waals surface area contributed by atoms with Crippen LogP contribution in [0.4, 0.5) is 5.82 Å². The van der Waals surface area contributed by atoms with E-state index < -0.39 is 0 Å². The third-order valence-electron chi connectivity index (χ3n) is 3.47. The molecule has 22 heavy (non-hydrogen) atoms. The molecule has 1 aliphatic heterocycles. The Morgan fingerprint density at radius 1 is 1.32 bits per heavy atom. The molecule has 3 heterocycles. The average molecular weight is 301 g/mol. The number of aromatic nitrogens is 3. The minimum absolute atomic E-state index is 0.0324. The molecule has 3 rings (SSSR count). The van der Waals surface area contributed by atoms with E-state index in [0.717, 1.165) is 24.5 Å². The SMILES string of the molecule is O=C(NCCNc1cc(-n2cccc2)ncn1)[C@@H]1CCCO1. The fraction of sp³-hybridized carbons (Fsp3) is 0.400. The van der Waals surface area contributed by atoms with Crippen molar-refractivity contribution < 1.29 is 9.53 Å². The van der Waals surface area contributed by atoms with Crippen molar-refractivity contribution in [3.8, 4) is 5.82 Å².